The maximum absolute atomic E-state index is 4.42. The lowest BCUT2D eigenvalue weighted by molar-refractivity contribution is 0.908. The summed E-state index contributed by atoms with van der Waals surface area (Å²) < 4.78 is 1.88. The molecular formula is C12H15N3. The van der Waals surface area contributed by atoms with Crippen molar-refractivity contribution in [3.63, 3.8) is 0 Å². The van der Waals surface area contributed by atoms with E-state index in [1.807, 2.05) is 17.5 Å². The van der Waals surface area contributed by atoms with Gasteiger partial charge in [-0.25, -0.2) is 9.50 Å². The van der Waals surface area contributed by atoms with Crippen LogP contribution in [0.1, 0.15) is 32.2 Å². The van der Waals surface area contributed by atoms with E-state index >= 15 is 0 Å². The molecule has 0 aliphatic heterocycles. The van der Waals surface area contributed by atoms with E-state index in [0.29, 0.717) is 0 Å². The molecule has 15 heavy (non-hydrogen) atoms. The molecular weight excluding hydrogens is 186 g/mol. The Balaban J connectivity index is 2.79. The molecule has 0 amide bonds. The second-order valence-corrected chi connectivity index (χ2v) is 4.01. The monoisotopic (exact) mass is 201 g/mol. The third kappa shape index (κ3) is 1.65. The Labute approximate surface area is 89.5 Å². The molecule has 0 N–H and O–H groups in total. The van der Waals surface area contributed by atoms with Gasteiger partial charge in [-0.2, -0.15) is 5.10 Å². The SMILES string of the molecule is CC(C)=C(C)c1cc(C)nc2ccnn12. The van der Waals surface area contributed by atoms with Crippen molar-refractivity contribution in [1.29, 1.82) is 0 Å². The number of rotatable bonds is 1. The Kier molecular flexibility index (Phi) is 2.31. The summed E-state index contributed by atoms with van der Waals surface area (Å²) in [6.45, 7) is 8.35. The number of allylic oxidation sites excluding steroid dienone is 2. The number of nitrogens with zero attached hydrogens (tertiary/aromatic N) is 3. The van der Waals surface area contributed by atoms with Gasteiger partial charge in [0.1, 0.15) is 0 Å². The Morgan fingerprint density at radius 2 is 2.00 bits per heavy atom. The number of aryl methyl sites for hydroxylation is 1. The van der Waals surface area contributed by atoms with Crippen LogP contribution in [0.5, 0.6) is 0 Å². The minimum atomic E-state index is 0.908. The van der Waals surface area contributed by atoms with Crippen molar-refractivity contribution < 1.29 is 0 Å². The summed E-state index contributed by atoms with van der Waals surface area (Å²) in [5.41, 5.74) is 5.62. The van der Waals surface area contributed by atoms with E-state index < -0.39 is 0 Å². The summed E-state index contributed by atoms with van der Waals surface area (Å²) in [4.78, 5) is 4.42. The predicted octanol–water partition coefficient (Wildman–Crippen LogP) is 2.85. The predicted molar refractivity (Wildman–Crippen MR) is 61.7 cm³/mol. The van der Waals surface area contributed by atoms with Crippen molar-refractivity contribution in [3.8, 4) is 0 Å². The first-order chi connectivity index (χ1) is 7.09. The highest BCUT2D eigenvalue weighted by Crippen LogP contribution is 2.19. The van der Waals surface area contributed by atoms with Crippen molar-refractivity contribution >= 4 is 11.2 Å². The lowest BCUT2D eigenvalue weighted by atomic mass is 10.1. The molecule has 0 aromatic carbocycles. The highest BCUT2D eigenvalue weighted by atomic mass is 15.2. The fourth-order valence-electron chi connectivity index (χ4n) is 1.56. The quantitative estimate of drug-likeness (QED) is 0.710. The Hall–Kier alpha value is -1.64. The minimum Gasteiger partial charge on any atom is -0.234 e. The summed E-state index contributed by atoms with van der Waals surface area (Å²) in [5.74, 6) is 0. The first-order valence-electron chi connectivity index (χ1n) is 5.05. The van der Waals surface area contributed by atoms with Gasteiger partial charge in [0.05, 0.1) is 11.9 Å². The molecule has 0 fully saturated rings. The van der Waals surface area contributed by atoms with Crippen LogP contribution in [0.2, 0.25) is 0 Å². The van der Waals surface area contributed by atoms with E-state index in [-0.39, 0.29) is 0 Å². The van der Waals surface area contributed by atoms with Crippen LogP contribution < -0.4 is 0 Å². The fraction of sp³-hybridized carbons (Fsp3) is 0.333. The molecule has 2 rings (SSSR count). The highest BCUT2D eigenvalue weighted by molar-refractivity contribution is 5.65. The maximum Gasteiger partial charge on any atom is 0.155 e. The lowest BCUT2D eigenvalue weighted by Crippen LogP contribution is -2.00. The lowest BCUT2D eigenvalue weighted by Gasteiger charge is -2.08. The largest absolute Gasteiger partial charge is 0.234 e. The van der Waals surface area contributed by atoms with E-state index in [1.165, 1.54) is 11.1 Å². The molecule has 78 valence electrons. The zero-order chi connectivity index (χ0) is 11.0. The van der Waals surface area contributed by atoms with Crippen LogP contribution in [0.4, 0.5) is 0 Å². The standard InChI is InChI=1S/C12H15N3/c1-8(2)10(4)11-7-9(3)14-12-5-6-13-15(11)12/h5-7H,1-4H3. The third-order valence-corrected chi connectivity index (χ3v) is 2.62. The average molecular weight is 201 g/mol. The van der Waals surface area contributed by atoms with Crippen LogP contribution >= 0.6 is 0 Å². The highest BCUT2D eigenvalue weighted by Gasteiger charge is 2.06. The Morgan fingerprint density at radius 3 is 2.67 bits per heavy atom. The van der Waals surface area contributed by atoms with Gasteiger partial charge in [0.25, 0.3) is 0 Å². The van der Waals surface area contributed by atoms with Crippen molar-refractivity contribution in [1.82, 2.24) is 14.6 Å². The van der Waals surface area contributed by atoms with Crippen LogP contribution in [-0.4, -0.2) is 14.6 Å². The normalized spacial score (nSPS) is 10.7. The van der Waals surface area contributed by atoms with Gasteiger partial charge in [0.15, 0.2) is 5.65 Å². The molecule has 0 aliphatic carbocycles. The van der Waals surface area contributed by atoms with Crippen LogP contribution in [0.15, 0.2) is 23.9 Å². The van der Waals surface area contributed by atoms with Crippen LogP contribution in [-0.2, 0) is 0 Å². The van der Waals surface area contributed by atoms with Crippen LogP contribution in [0, 0.1) is 6.92 Å². The van der Waals surface area contributed by atoms with Gasteiger partial charge in [-0.1, -0.05) is 5.57 Å². The zero-order valence-electron chi connectivity index (χ0n) is 9.57. The number of hydrogen-bond acceptors (Lipinski definition) is 2. The number of fused-ring (bicyclic) bond motifs is 1. The van der Waals surface area contributed by atoms with Crippen LogP contribution in [0.25, 0.3) is 11.2 Å². The van der Waals surface area contributed by atoms with Gasteiger partial charge in [-0.3, -0.25) is 0 Å². The second-order valence-electron chi connectivity index (χ2n) is 4.01. The molecule has 0 aliphatic rings. The molecule has 3 nitrogen and oxygen atoms in total. The van der Waals surface area contributed by atoms with E-state index in [2.05, 4.69) is 36.9 Å². The van der Waals surface area contributed by atoms with E-state index in [9.17, 15) is 0 Å². The Bertz CT molecular complexity index is 531. The maximum atomic E-state index is 4.42. The van der Waals surface area contributed by atoms with Gasteiger partial charge < -0.3 is 0 Å². The first kappa shape index (κ1) is 9.90. The van der Waals surface area contributed by atoms with Crippen LogP contribution in [0.3, 0.4) is 0 Å². The molecule has 3 heteroatoms. The molecule has 0 atom stereocenters. The number of hydrogen-bond donors (Lipinski definition) is 0. The fourth-order valence-corrected chi connectivity index (χ4v) is 1.56. The molecule has 2 aromatic rings. The minimum absolute atomic E-state index is 0.908. The molecule has 0 unspecified atom stereocenters. The summed E-state index contributed by atoms with van der Waals surface area (Å²) in [5, 5.41) is 4.28. The summed E-state index contributed by atoms with van der Waals surface area (Å²) in [6, 6.07) is 4.00. The first-order valence-corrected chi connectivity index (χ1v) is 5.05. The van der Waals surface area contributed by atoms with Gasteiger partial charge in [0, 0.05) is 11.8 Å². The zero-order valence-corrected chi connectivity index (χ0v) is 9.57. The van der Waals surface area contributed by atoms with Gasteiger partial charge in [-0.05, 0) is 39.3 Å². The summed E-state index contributed by atoms with van der Waals surface area (Å²) in [6.07, 6.45) is 1.78. The smallest absolute Gasteiger partial charge is 0.155 e. The van der Waals surface area contributed by atoms with Crippen molar-refractivity contribution in [3.05, 3.63) is 35.3 Å². The second kappa shape index (κ2) is 3.50. The molecule has 2 aromatic heterocycles. The molecule has 2 heterocycles. The van der Waals surface area contributed by atoms with E-state index in [0.717, 1.165) is 17.0 Å². The molecule has 0 saturated heterocycles. The third-order valence-electron chi connectivity index (χ3n) is 2.62. The van der Waals surface area contributed by atoms with Crippen molar-refractivity contribution in [2.45, 2.75) is 27.7 Å². The molecule has 0 radical (unpaired) electrons. The molecule has 0 bridgehead atoms. The summed E-state index contributed by atoms with van der Waals surface area (Å²) >= 11 is 0. The number of aromatic nitrogens is 3. The molecule has 0 spiro atoms. The van der Waals surface area contributed by atoms with E-state index in [1.54, 1.807) is 6.20 Å². The summed E-state index contributed by atoms with van der Waals surface area (Å²) in [7, 11) is 0. The topological polar surface area (TPSA) is 30.2 Å². The van der Waals surface area contributed by atoms with E-state index in [4.69, 9.17) is 0 Å². The van der Waals surface area contributed by atoms with Gasteiger partial charge >= 0.3 is 0 Å². The van der Waals surface area contributed by atoms with Crippen molar-refractivity contribution in [2.75, 3.05) is 0 Å². The Morgan fingerprint density at radius 1 is 1.27 bits per heavy atom. The molecule has 0 saturated carbocycles. The van der Waals surface area contributed by atoms with Gasteiger partial charge in [0.2, 0.25) is 0 Å². The average Bonchev–Trinajstić information content (AvgIpc) is 2.62. The van der Waals surface area contributed by atoms with Gasteiger partial charge in [-0.15, -0.1) is 0 Å². The van der Waals surface area contributed by atoms with Crippen molar-refractivity contribution in [2.24, 2.45) is 0 Å².